The number of likely N-dealkylation sites (N-methyl/N-ethyl adjacent to an activating group) is 1. The Morgan fingerprint density at radius 3 is 2.78 bits per heavy atom. The number of hydrogen-bond donors (Lipinski definition) is 2. The van der Waals surface area contributed by atoms with Gasteiger partial charge >= 0.3 is 0 Å². The number of nitrogens with one attached hydrogen (secondary N) is 2. The number of aliphatic imine (C=N–C) groups is 1. The van der Waals surface area contributed by atoms with E-state index in [-0.39, 0.29) is 5.91 Å². The van der Waals surface area contributed by atoms with E-state index in [0.717, 1.165) is 37.1 Å². The maximum absolute atomic E-state index is 11.4. The van der Waals surface area contributed by atoms with Crippen LogP contribution in [0.3, 0.4) is 0 Å². The Labute approximate surface area is 162 Å². The topological polar surface area (TPSA) is 75.2 Å². The highest BCUT2D eigenvalue weighted by atomic mass is 16.5. The molecule has 2 rings (SSSR count). The van der Waals surface area contributed by atoms with Crippen LogP contribution in [0.1, 0.15) is 32.3 Å². The number of guanidine groups is 1. The van der Waals surface area contributed by atoms with Crippen molar-refractivity contribution >= 4 is 17.6 Å². The number of carbonyl (C=O) groups is 1. The van der Waals surface area contributed by atoms with E-state index >= 15 is 0 Å². The normalized spacial score (nSPS) is 14.0. The molecule has 1 aliphatic rings. The lowest BCUT2D eigenvalue weighted by molar-refractivity contribution is -0.114. The van der Waals surface area contributed by atoms with Crippen molar-refractivity contribution in [1.82, 2.24) is 10.2 Å². The number of anilines is 1. The standard InChI is InChI=1S/C20H32N4O3/c1-5-21-20(24(3)10-11-27-14-16-6-7-16)22-13-17-8-9-19(26-4)18(12-17)23-15(2)25/h8-9,12,16H,5-7,10-11,13-14H2,1-4H3,(H,21,22)(H,23,25). The zero-order valence-corrected chi connectivity index (χ0v) is 16.9. The summed E-state index contributed by atoms with van der Waals surface area (Å²) < 4.78 is 11.0. The third kappa shape index (κ3) is 7.46. The molecule has 7 heteroatoms. The summed E-state index contributed by atoms with van der Waals surface area (Å²) in [5.74, 6) is 2.12. The molecule has 1 saturated carbocycles. The second-order valence-electron chi connectivity index (χ2n) is 6.83. The van der Waals surface area contributed by atoms with Gasteiger partial charge in [-0.2, -0.15) is 0 Å². The van der Waals surface area contributed by atoms with Crippen molar-refractivity contribution in [2.45, 2.75) is 33.2 Å². The van der Waals surface area contributed by atoms with Crippen LogP contribution in [0.2, 0.25) is 0 Å². The monoisotopic (exact) mass is 376 g/mol. The number of amides is 1. The fourth-order valence-corrected chi connectivity index (χ4v) is 2.62. The number of hydrogen-bond acceptors (Lipinski definition) is 4. The van der Waals surface area contributed by atoms with Crippen LogP contribution >= 0.6 is 0 Å². The zero-order chi connectivity index (χ0) is 19.6. The minimum absolute atomic E-state index is 0.131. The van der Waals surface area contributed by atoms with E-state index in [9.17, 15) is 4.79 Å². The van der Waals surface area contributed by atoms with Crippen LogP contribution in [0.5, 0.6) is 5.75 Å². The number of nitrogens with zero attached hydrogens (tertiary/aromatic N) is 2. The van der Waals surface area contributed by atoms with Gasteiger partial charge in [-0.05, 0) is 43.4 Å². The molecule has 2 N–H and O–H groups in total. The van der Waals surface area contributed by atoms with Gasteiger partial charge in [0.15, 0.2) is 5.96 Å². The van der Waals surface area contributed by atoms with Crippen molar-refractivity contribution < 1.29 is 14.3 Å². The number of benzene rings is 1. The van der Waals surface area contributed by atoms with Gasteiger partial charge in [0.2, 0.25) is 5.91 Å². The average molecular weight is 377 g/mol. The Kier molecular flexibility index (Phi) is 8.39. The van der Waals surface area contributed by atoms with Crippen LogP contribution in [-0.4, -0.2) is 57.2 Å². The van der Waals surface area contributed by atoms with E-state index < -0.39 is 0 Å². The van der Waals surface area contributed by atoms with Crippen molar-refractivity contribution in [3.05, 3.63) is 23.8 Å². The van der Waals surface area contributed by atoms with Gasteiger partial charge in [-0.15, -0.1) is 0 Å². The zero-order valence-electron chi connectivity index (χ0n) is 16.9. The molecule has 1 aliphatic carbocycles. The molecular weight excluding hydrogens is 344 g/mol. The highest BCUT2D eigenvalue weighted by Gasteiger charge is 2.21. The summed E-state index contributed by atoms with van der Waals surface area (Å²) in [5, 5.41) is 6.10. The Morgan fingerprint density at radius 2 is 2.15 bits per heavy atom. The Morgan fingerprint density at radius 1 is 1.37 bits per heavy atom. The lowest BCUT2D eigenvalue weighted by atomic mass is 10.2. The van der Waals surface area contributed by atoms with Crippen LogP contribution in [0.15, 0.2) is 23.2 Å². The van der Waals surface area contributed by atoms with E-state index in [1.807, 2.05) is 25.2 Å². The van der Waals surface area contributed by atoms with Gasteiger partial charge in [0.05, 0.1) is 25.9 Å². The molecule has 0 atom stereocenters. The lowest BCUT2D eigenvalue weighted by Gasteiger charge is -2.22. The van der Waals surface area contributed by atoms with E-state index in [4.69, 9.17) is 14.5 Å². The summed E-state index contributed by atoms with van der Waals surface area (Å²) in [5.41, 5.74) is 1.65. The minimum Gasteiger partial charge on any atom is -0.495 e. The van der Waals surface area contributed by atoms with Crippen LogP contribution < -0.4 is 15.4 Å². The quantitative estimate of drug-likeness (QED) is 0.373. The lowest BCUT2D eigenvalue weighted by Crippen LogP contribution is -2.40. The maximum atomic E-state index is 11.4. The van der Waals surface area contributed by atoms with Crippen molar-refractivity contribution in [3.63, 3.8) is 0 Å². The molecule has 7 nitrogen and oxygen atoms in total. The molecule has 0 aliphatic heterocycles. The summed E-state index contributed by atoms with van der Waals surface area (Å²) >= 11 is 0. The predicted molar refractivity (Wildman–Crippen MR) is 108 cm³/mol. The van der Waals surface area contributed by atoms with Crippen molar-refractivity contribution in [2.75, 3.05) is 45.8 Å². The van der Waals surface area contributed by atoms with Gasteiger partial charge in [0.25, 0.3) is 0 Å². The van der Waals surface area contributed by atoms with Crippen LogP contribution in [0.25, 0.3) is 0 Å². The fourth-order valence-electron chi connectivity index (χ4n) is 2.62. The van der Waals surface area contributed by atoms with Gasteiger partial charge < -0.3 is 25.0 Å². The van der Waals surface area contributed by atoms with E-state index in [1.165, 1.54) is 19.8 Å². The summed E-state index contributed by atoms with van der Waals surface area (Å²) in [6.07, 6.45) is 2.62. The highest BCUT2D eigenvalue weighted by Crippen LogP contribution is 2.28. The van der Waals surface area contributed by atoms with Crippen LogP contribution in [0.4, 0.5) is 5.69 Å². The molecule has 150 valence electrons. The predicted octanol–water partition coefficient (Wildman–Crippen LogP) is 2.48. The average Bonchev–Trinajstić information content (AvgIpc) is 3.46. The molecule has 0 radical (unpaired) electrons. The third-order valence-electron chi connectivity index (χ3n) is 4.30. The molecule has 0 saturated heterocycles. The summed E-state index contributed by atoms with van der Waals surface area (Å²) in [7, 11) is 3.60. The maximum Gasteiger partial charge on any atom is 0.221 e. The molecule has 0 spiro atoms. The van der Waals surface area contributed by atoms with E-state index in [2.05, 4.69) is 22.5 Å². The van der Waals surface area contributed by atoms with Gasteiger partial charge in [-0.3, -0.25) is 4.79 Å². The molecule has 1 aromatic carbocycles. The molecule has 0 unspecified atom stereocenters. The van der Waals surface area contributed by atoms with Crippen LogP contribution in [0, 0.1) is 5.92 Å². The number of ether oxygens (including phenoxy) is 2. The van der Waals surface area contributed by atoms with Crippen molar-refractivity contribution in [2.24, 2.45) is 10.9 Å². The summed E-state index contributed by atoms with van der Waals surface area (Å²) in [6.45, 7) is 7.20. The van der Waals surface area contributed by atoms with Crippen LogP contribution in [-0.2, 0) is 16.1 Å². The fraction of sp³-hybridized carbons (Fsp3) is 0.600. The Hall–Kier alpha value is -2.28. The third-order valence-corrected chi connectivity index (χ3v) is 4.30. The summed E-state index contributed by atoms with van der Waals surface area (Å²) in [4.78, 5) is 18.2. The Balaban J connectivity index is 1.96. The molecule has 1 aromatic rings. The smallest absolute Gasteiger partial charge is 0.221 e. The molecule has 1 fully saturated rings. The minimum atomic E-state index is -0.131. The molecule has 0 aromatic heterocycles. The molecule has 1 amide bonds. The first kappa shape index (κ1) is 21.0. The van der Waals surface area contributed by atoms with E-state index in [0.29, 0.717) is 24.6 Å². The SMILES string of the molecule is CCNC(=NCc1ccc(OC)c(NC(C)=O)c1)N(C)CCOCC1CC1. The largest absolute Gasteiger partial charge is 0.495 e. The number of rotatable bonds is 10. The first-order valence-electron chi connectivity index (χ1n) is 9.55. The first-order valence-corrected chi connectivity index (χ1v) is 9.55. The van der Waals surface area contributed by atoms with Gasteiger partial charge in [-0.1, -0.05) is 6.07 Å². The first-order chi connectivity index (χ1) is 13.0. The molecule has 27 heavy (non-hydrogen) atoms. The number of methoxy groups -OCH3 is 1. The van der Waals surface area contributed by atoms with Gasteiger partial charge in [0.1, 0.15) is 5.75 Å². The van der Waals surface area contributed by atoms with Gasteiger partial charge in [-0.25, -0.2) is 4.99 Å². The molecule has 0 heterocycles. The second-order valence-corrected chi connectivity index (χ2v) is 6.83. The second kappa shape index (κ2) is 10.8. The van der Waals surface area contributed by atoms with Gasteiger partial charge in [0, 0.05) is 33.7 Å². The molecule has 0 bridgehead atoms. The number of carbonyl (C=O) groups excluding carboxylic acids is 1. The summed E-state index contributed by atoms with van der Waals surface area (Å²) in [6, 6.07) is 5.69. The molecular formula is C20H32N4O3. The van der Waals surface area contributed by atoms with E-state index in [1.54, 1.807) is 7.11 Å². The van der Waals surface area contributed by atoms with Crippen molar-refractivity contribution in [3.8, 4) is 5.75 Å². The van der Waals surface area contributed by atoms with Crippen molar-refractivity contribution in [1.29, 1.82) is 0 Å². The Bertz CT molecular complexity index is 644. The highest BCUT2D eigenvalue weighted by molar-refractivity contribution is 5.90.